The van der Waals surface area contributed by atoms with E-state index in [1.165, 1.54) is 30.2 Å². The first-order valence-corrected chi connectivity index (χ1v) is 6.67. The van der Waals surface area contributed by atoms with E-state index in [-0.39, 0.29) is 0 Å². The molecule has 0 aliphatic heterocycles. The van der Waals surface area contributed by atoms with Crippen molar-refractivity contribution < 1.29 is 0 Å². The fraction of sp³-hybridized carbons (Fsp3) is 0.429. The van der Waals surface area contributed by atoms with Gasteiger partial charge in [0, 0.05) is 28.7 Å². The molecular weight excluding hydrogens is 232 g/mol. The van der Waals surface area contributed by atoms with Crippen LogP contribution in [-0.4, -0.2) is 11.5 Å². The van der Waals surface area contributed by atoms with Gasteiger partial charge >= 0.3 is 0 Å². The quantitative estimate of drug-likeness (QED) is 0.848. The van der Waals surface area contributed by atoms with E-state index in [2.05, 4.69) is 22.6 Å². The minimum atomic E-state index is 0.785. The van der Waals surface area contributed by atoms with E-state index in [0.717, 1.165) is 29.5 Å². The molecule has 0 bridgehead atoms. The second-order valence-corrected chi connectivity index (χ2v) is 5.37. The van der Waals surface area contributed by atoms with Gasteiger partial charge in [0.05, 0.1) is 0 Å². The summed E-state index contributed by atoms with van der Waals surface area (Å²) < 4.78 is 0. The Balaban J connectivity index is 1.67. The van der Waals surface area contributed by atoms with E-state index in [1.807, 2.05) is 12.1 Å². The van der Waals surface area contributed by atoms with Crippen LogP contribution in [0.25, 0.3) is 10.9 Å². The molecule has 2 aromatic rings. The lowest BCUT2D eigenvalue weighted by Crippen LogP contribution is -2.26. The Bertz CT molecular complexity index is 514. The zero-order chi connectivity index (χ0) is 11.7. The minimum absolute atomic E-state index is 0.785. The third-order valence-electron chi connectivity index (χ3n) is 3.70. The van der Waals surface area contributed by atoms with Gasteiger partial charge in [0.1, 0.15) is 0 Å². The maximum absolute atomic E-state index is 5.96. The van der Waals surface area contributed by atoms with Gasteiger partial charge in [0.15, 0.2) is 0 Å². The predicted octanol–water partition coefficient (Wildman–Crippen LogP) is 3.71. The first kappa shape index (κ1) is 11.1. The molecule has 0 spiro atoms. The van der Waals surface area contributed by atoms with Crippen molar-refractivity contribution in [3.05, 3.63) is 35.0 Å². The number of benzene rings is 1. The van der Waals surface area contributed by atoms with E-state index in [4.69, 9.17) is 11.6 Å². The molecule has 1 aromatic carbocycles. The van der Waals surface area contributed by atoms with Crippen LogP contribution in [0.5, 0.6) is 0 Å². The van der Waals surface area contributed by atoms with Crippen molar-refractivity contribution in [3.8, 4) is 0 Å². The Morgan fingerprint density at radius 2 is 2.24 bits per heavy atom. The summed E-state index contributed by atoms with van der Waals surface area (Å²) in [4.78, 5) is 3.27. The highest BCUT2D eigenvalue weighted by molar-refractivity contribution is 6.31. The van der Waals surface area contributed by atoms with Crippen LogP contribution in [0.4, 0.5) is 0 Å². The normalized spacial score (nSPS) is 16.3. The highest BCUT2D eigenvalue weighted by atomic mass is 35.5. The fourth-order valence-electron chi connectivity index (χ4n) is 2.41. The maximum atomic E-state index is 5.96. The van der Waals surface area contributed by atoms with E-state index < -0.39 is 0 Å². The van der Waals surface area contributed by atoms with Gasteiger partial charge in [0.2, 0.25) is 0 Å². The zero-order valence-corrected chi connectivity index (χ0v) is 10.6. The van der Waals surface area contributed by atoms with Gasteiger partial charge < -0.3 is 10.3 Å². The van der Waals surface area contributed by atoms with Gasteiger partial charge in [-0.2, -0.15) is 0 Å². The number of hydrogen-bond donors (Lipinski definition) is 2. The van der Waals surface area contributed by atoms with E-state index >= 15 is 0 Å². The summed E-state index contributed by atoms with van der Waals surface area (Å²) >= 11 is 5.96. The fourth-order valence-corrected chi connectivity index (χ4v) is 2.58. The van der Waals surface area contributed by atoms with Crippen LogP contribution < -0.4 is 5.32 Å². The van der Waals surface area contributed by atoms with Gasteiger partial charge in [-0.05, 0) is 43.0 Å². The largest absolute Gasteiger partial charge is 0.361 e. The molecule has 1 aromatic heterocycles. The van der Waals surface area contributed by atoms with Crippen LogP contribution in [0.3, 0.4) is 0 Å². The molecule has 0 radical (unpaired) electrons. The van der Waals surface area contributed by atoms with Gasteiger partial charge in [0.25, 0.3) is 0 Å². The lowest BCUT2D eigenvalue weighted by Gasteiger charge is -2.25. The monoisotopic (exact) mass is 248 g/mol. The van der Waals surface area contributed by atoms with Crippen LogP contribution >= 0.6 is 11.6 Å². The van der Waals surface area contributed by atoms with Gasteiger partial charge in [-0.1, -0.05) is 24.1 Å². The molecule has 1 aliphatic rings. The number of H-pyrrole nitrogens is 1. The molecule has 17 heavy (non-hydrogen) atoms. The molecule has 1 saturated carbocycles. The Labute approximate surface area is 106 Å². The van der Waals surface area contributed by atoms with Crippen molar-refractivity contribution >= 4 is 22.5 Å². The Hall–Kier alpha value is -0.990. The average Bonchev–Trinajstić information content (AvgIpc) is 2.64. The summed E-state index contributed by atoms with van der Waals surface area (Å²) in [6, 6.07) is 6.02. The molecule has 0 saturated heterocycles. The topological polar surface area (TPSA) is 27.8 Å². The summed E-state index contributed by atoms with van der Waals surface area (Å²) in [7, 11) is 0. The van der Waals surface area contributed by atoms with Crippen LogP contribution in [-0.2, 0) is 6.54 Å². The SMILES string of the molecule is Clc1ccc2c(CNCC3CCC3)c[nH]c2c1. The smallest absolute Gasteiger partial charge is 0.0472 e. The number of aromatic nitrogens is 1. The molecule has 90 valence electrons. The van der Waals surface area contributed by atoms with Crippen molar-refractivity contribution in [1.29, 1.82) is 0 Å². The molecular formula is C14H17ClN2. The third-order valence-corrected chi connectivity index (χ3v) is 3.94. The van der Waals surface area contributed by atoms with Gasteiger partial charge in [-0.25, -0.2) is 0 Å². The van der Waals surface area contributed by atoms with Crippen molar-refractivity contribution in [2.45, 2.75) is 25.8 Å². The van der Waals surface area contributed by atoms with Crippen molar-refractivity contribution in [3.63, 3.8) is 0 Å². The number of rotatable bonds is 4. The van der Waals surface area contributed by atoms with Crippen LogP contribution in [0, 0.1) is 5.92 Å². The Morgan fingerprint density at radius 3 is 3.00 bits per heavy atom. The second kappa shape index (κ2) is 4.71. The lowest BCUT2D eigenvalue weighted by atomic mass is 9.85. The van der Waals surface area contributed by atoms with Crippen LogP contribution in [0.1, 0.15) is 24.8 Å². The minimum Gasteiger partial charge on any atom is -0.361 e. The number of hydrogen-bond acceptors (Lipinski definition) is 1. The predicted molar refractivity (Wildman–Crippen MR) is 72.4 cm³/mol. The molecule has 2 nitrogen and oxygen atoms in total. The summed E-state index contributed by atoms with van der Waals surface area (Å²) in [5.41, 5.74) is 2.45. The van der Waals surface area contributed by atoms with Gasteiger partial charge in [-0.3, -0.25) is 0 Å². The number of halogens is 1. The summed E-state index contributed by atoms with van der Waals surface area (Å²) in [5, 5.41) is 5.60. The summed E-state index contributed by atoms with van der Waals surface area (Å²) in [5.74, 6) is 0.912. The van der Waals surface area contributed by atoms with Crippen LogP contribution in [0.15, 0.2) is 24.4 Å². The lowest BCUT2D eigenvalue weighted by molar-refractivity contribution is 0.301. The summed E-state index contributed by atoms with van der Waals surface area (Å²) in [6.45, 7) is 2.10. The van der Waals surface area contributed by atoms with Crippen molar-refractivity contribution in [2.24, 2.45) is 5.92 Å². The standard InChI is InChI=1S/C14H17ClN2/c15-12-4-5-13-11(9-17-14(13)6-12)8-16-7-10-2-1-3-10/h4-6,9-10,16-17H,1-3,7-8H2. The Morgan fingerprint density at radius 1 is 1.35 bits per heavy atom. The molecule has 3 rings (SSSR count). The number of nitrogens with one attached hydrogen (secondary N) is 2. The third kappa shape index (κ3) is 2.33. The molecule has 1 heterocycles. The Kier molecular flexibility index (Phi) is 3.08. The van der Waals surface area contributed by atoms with E-state index in [9.17, 15) is 0 Å². The highest BCUT2D eigenvalue weighted by Crippen LogP contribution is 2.26. The number of aromatic amines is 1. The molecule has 0 atom stereocenters. The first-order chi connectivity index (χ1) is 8.33. The molecule has 0 unspecified atom stereocenters. The molecule has 3 heteroatoms. The molecule has 1 aliphatic carbocycles. The highest BCUT2D eigenvalue weighted by Gasteiger charge is 2.16. The average molecular weight is 249 g/mol. The zero-order valence-electron chi connectivity index (χ0n) is 9.80. The van der Waals surface area contributed by atoms with E-state index in [0.29, 0.717) is 0 Å². The second-order valence-electron chi connectivity index (χ2n) is 4.93. The molecule has 1 fully saturated rings. The molecule has 2 N–H and O–H groups in total. The number of fused-ring (bicyclic) bond motifs is 1. The summed E-state index contributed by atoms with van der Waals surface area (Å²) in [6.07, 6.45) is 6.29. The van der Waals surface area contributed by atoms with Crippen molar-refractivity contribution in [1.82, 2.24) is 10.3 Å². The maximum Gasteiger partial charge on any atom is 0.0472 e. The molecule has 0 amide bonds. The van der Waals surface area contributed by atoms with E-state index in [1.54, 1.807) is 0 Å². The first-order valence-electron chi connectivity index (χ1n) is 6.29. The van der Waals surface area contributed by atoms with Crippen LogP contribution in [0.2, 0.25) is 5.02 Å². The van der Waals surface area contributed by atoms with Gasteiger partial charge in [-0.15, -0.1) is 0 Å². The van der Waals surface area contributed by atoms with Crippen molar-refractivity contribution in [2.75, 3.05) is 6.54 Å².